The number of aryl methyl sites for hydroxylation is 1. The summed E-state index contributed by atoms with van der Waals surface area (Å²) < 4.78 is 17.2. The van der Waals surface area contributed by atoms with E-state index in [0.717, 1.165) is 16.7 Å². The number of imidazole rings is 1. The number of rotatable bonds is 2. The van der Waals surface area contributed by atoms with Crippen molar-refractivity contribution in [3.8, 4) is 0 Å². The molecule has 0 bridgehead atoms. The zero-order valence-corrected chi connectivity index (χ0v) is 9.47. The molecule has 2 heterocycles. The summed E-state index contributed by atoms with van der Waals surface area (Å²) in [5.41, 5.74) is 0.896. The van der Waals surface area contributed by atoms with Crippen molar-refractivity contribution in [2.45, 2.75) is 6.54 Å². The van der Waals surface area contributed by atoms with E-state index in [0.29, 0.717) is 6.54 Å². The van der Waals surface area contributed by atoms with Crippen LogP contribution in [0.3, 0.4) is 0 Å². The van der Waals surface area contributed by atoms with E-state index in [9.17, 15) is 4.39 Å². The fraction of sp³-hybridized carbons (Fsp3) is 0.154. The molecular weight excluding hydrogens is 217 g/mol. The highest BCUT2D eigenvalue weighted by Gasteiger charge is 2.05. The van der Waals surface area contributed by atoms with Gasteiger partial charge in [0.1, 0.15) is 11.6 Å². The molecule has 0 saturated heterocycles. The van der Waals surface area contributed by atoms with Crippen LogP contribution in [-0.4, -0.2) is 14.1 Å². The molecule has 0 aliphatic rings. The molecule has 0 fully saturated rings. The normalized spacial score (nSPS) is 11.2. The van der Waals surface area contributed by atoms with Crippen molar-refractivity contribution < 1.29 is 4.39 Å². The number of halogens is 1. The first-order valence-electron chi connectivity index (χ1n) is 5.44. The van der Waals surface area contributed by atoms with Gasteiger partial charge in [-0.05, 0) is 29.7 Å². The van der Waals surface area contributed by atoms with E-state index in [2.05, 4.69) is 4.98 Å². The molecule has 0 radical (unpaired) electrons. The van der Waals surface area contributed by atoms with Gasteiger partial charge in [0.15, 0.2) is 0 Å². The lowest BCUT2D eigenvalue weighted by Crippen LogP contribution is -2.04. The highest BCUT2D eigenvalue weighted by Crippen LogP contribution is 2.17. The molecule has 3 aromatic rings. The summed E-state index contributed by atoms with van der Waals surface area (Å²) in [6, 6.07) is 6.81. The zero-order chi connectivity index (χ0) is 11.8. The van der Waals surface area contributed by atoms with E-state index in [4.69, 9.17) is 0 Å². The van der Waals surface area contributed by atoms with E-state index >= 15 is 0 Å². The molecule has 17 heavy (non-hydrogen) atoms. The van der Waals surface area contributed by atoms with Gasteiger partial charge < -0.3 is 9.13 Å². The highest BCUT2D eigenvalue weighted by molar-refractivity contribution is 5.80. The van der Waals surface area contributed by atoms with Crippen molar-refractivity contribution in [3.05, 3.63) is 54.5 Å². The van der Waals surface area contributed by atoms with Gasteiger partial charge in [0, 0.05) is 25.6 Å². The fourth-order valence-electron chi connectivity index (χ4n) is 2.00. The van der Waals surface area contributed by atoms with Crippen molar-refractivity contribution in [1.82, 2.24) is 14.1 Å². The average Bonchev–Trinajstić information content (AvgIpc) is 2.88. The Morgan fingerprint density at radius 1 is 1.24 bits per heavy atom. The molecule has 4 heteroatoms. The first-order chi connectivity index (χ1) is 8.24. The van der Waals surface area contributed by atoms with E-state index in [1.54, 1.807) is 18.3 Å². The molecular formula is C13H12FN3. The minimum Gasteiger partial charge on any atom is -0.340 e. The monoisotopic (exact) mass is 229 g/mol. The van der Waals surface area contributed by atoms with Crippen molar-refractivity contribution in [2.24, 2.45) is 7.05 Å². The van der Waals surface area contributed by atoms with Gasteiger partial charge >= 0.3 is 0 Å². The second-order valence-corrected chi connectivity index (χ2v) is 4.10. The molecule has 0 amide bonds. The average molecular weight is 229 g/mol. The van der Waals surface area contributed by atoms with Crippen LogP contribution in [0.1, 0.15) is 5.82 Å². The van der Waals surface area contributed by atoms with E-state index in [-0.39, 0.29) is 5.82 Å². The van der Waals surface area contributed by atoms with Gasteiger partial charge in [-0.25, -0.2) is 9.37 Å². The summed E-state index contributed by atoms with van der Waals surface area (Å²) in [6.07, 6.45) is 5.63. The first-order valence-corrected chi connectivity index (χ1v) is 5.44. The quantitative estimate of drug-likeness (QED) is 0.662. The Kier molecular flexibility index (Phi) is 2.21. The lowest BCUT2D eigenvalue weighted by molar-refractivity contribution is 0.628. The molecule has 3 rings (SSSR count). The number of hydrogen-bond acceptors (Lipinski definition) is 1. The molecule has 3 nitrogen and oxygen atoms in total. The summed E-state index contributed by atoms with van der Waals surface area (Å²) in [5, 5.41) is 1.04. The van der Waals surface area contributed by atoms with Crippen molar-refractivity contribution >= 4 is 10.9 Å². The van der Waals surface area contributed by atoms with Crippen LogP contribution in [0.2, 0.25) is 0 Å². The largest absolute Gasteiger partial charge is 0.340 e. The van der Waals surface area contributed by atoms with Crippen molar-refractivity contribution in [2.75, 3.05) is 0 Å². The lowest BCUT2D eigenvalue weighted by Gasteiger charge is -2.05. The molecule has 0 aliphatic carbocycles. The SMILES string of the molecule is Cn1ccnc1Cn1ccc2ccc(F)cc21. The minimum atomic E-state index is -0.211. The third-order valence-electron chi connectivity index (χ3n) is 2.97. The van der Waals surface area contributed by atoms with Crippen LogP contribution in [0.25, 0.3) is 10.9 Å². The van der Waals surface area contributed by atoms with Crippen LogP contribution in [-0.2, 0) is 13.6 Å². The Morgan fingerprint density at radius 3 is 2.88 bits per heavy atom. The van der Waals surface area contributed by atoms with Gasteiger partial charge in [-0.1, -0.05) is 0 Å². The van der Waals surface area contributed by atoms with Crippen LogP contribution in [0, 0.1) is 5.82 Å². The highest BCUT2D eigenvalue weighted by atomic mass is 19.1. The summed E-state index contributed by atoms with van der Waals surface area (Å²) in [7, 11) is 1.95. The molecule has 2 aromatic heterocycles. The summed E-state index contributed by atoms with van der Waals surface area (Å²) in [5.74, 6) is 0.740. The Hall–Kier alpha value is -2.10. The summed E-state index contributed by atoms with van der Waals surface area (Å²) in [4.78, 5) is 4.27. The Morgan fingerprint density at radius 2 is 2.12 bits per heavy atom. The fourth-order valence-corrected chi connectivity index (χ4v) is 2.00. The van der Waals surface area contributed by atoms with Crippen molar-refractivity contribution in [3.63, 3.8) is 0 Å². The molecule has 0 saturated carbocycles. The summed E-state index contributed by atoms with van der Waals surface area (Å²) in [6.45, 7) is 0.649. The zero-order valence-electron chi connectivity index (χ0n) is 9.47. The lowest BCUT2D eigenvalue weighted by atomic mass is 10.2. The number of nitrogens with zero attached hydrogens (tertiary/aromatic N) is 3. The maximum absolute atomic E-state index is 13.2. The third kappa shape index (κ3) is 1.71. The van der Waals surface area contributed by atoms with Crippen LogP contribution in [0.15, 0.2) is 42.9 Å². The Balaban J connectivity index is 2.06. The maximum atomic E-state index is 13.2. The summed E-state index contributed by atoms with van der Waals surface area (Å²) >= 11 is 0. The number of aromatic nitrogens is 3. The minimum absolute atomic E-state index is 0.211. The van der Waals surface area contributed by atoms with Crippen LogP contribution in [0.4, 0.5) is 4.39 Å². The van der Waals surface area contributed by atoms with Crippen LogP contribution in [0.5, 0.6) is 0 Å². The Labute approximate surface area is 98.1 Å². The van der Waals surface area contributed by atoms with Crippen LogP contribution >= 0.6 is 0 Å². The van der Waals surface area contributed by atoms with Gasteiger partial charge in [-0.3, -0.25) is 0 Å². The smallest absolute Gasteiger partial charge is 0.128 e. The third-order valence-corrected chi connectivity index (χ3v) is 2.97. The number of hydrogen-bond donors (Lipinski definition) is 0. The van der Waals surface area contributed by atoms with Crippen LogP contribution < -0.4 is 0 Å². The molecule has 1 aromatic carbocycles. The number of fused-ring (bicyclic) bond motifs is 1. The standard InChI is InChI=1S/C13H12FN3/c1-16-7-5-15-13(16)9-17-6-4-10-2-3-11(14)8-12(10)17/h2-8H,9H2,1H3. The first kappa shape index (κ1) is 10.1. The Bertz CT molecular complexity index is 666. The van der Waals surface area contributed by atoms with E-state index in [1.807, 2.05) is 34.6 Å². The molecule has 0 unspecified atom stereocenters. The second-order valence-electron chi connectivity index (χ2n) is 4.10. The molecule has 0 N–H and O–H groups in total. The molecule has 0 aliphatic heterocycles. The topological polar surface area (TPSA) is 22.8 Å². The van der Waals surface area contributed by atoms with E-state index in [1.165, 1.54) is 6.07 Å². The van der Waals surface area contributed by atoms with Crippen molar-refractivity contribution in [1.29, 1.82) is 0 Å². The van der Waals surface area contributed by atoms with Gasteiger partial charge in [0.2, 0.25) is 0 Å². The number of benzene rings is 1. The molecule has 86 valence electrons. The van der Waals surface area contributed by atoms with E-state index < -0.39 is 0 Å². The molecule has 0 spiro atoms. The predicted molar refractivity (Wildman–Crippen MR) is 64.2 cm³/mol. The second kappa shape index (κ2) is 3.73. The van der Waals surface area contributed by atoms with Gasteiger partial charge in [-0.15, -0.1) is 0 Å². The maximum Gasteiger partial charge on any atom is 0.128 e. The van der Waals surface area contributed by atoms with Gasteiger partial charge in [0.25, 0.3) is 0 Å². The van der Waals surface area contributed by atoms with Gasteiger partial charge in [-0.2, -0.15) is 0 Å². The predicted octanol–water partition coefficient (Wildman–Crippen LogP) is 2.56. The molecule has 0 atom stereocenters. The van der Waals surface area contributed by atoms with Gasteiger partial charge in [0.05, 0.1) is 12.1 Å².